The summed E-state index contributed by atoms with van der Waals surface area (Å²) >= 11 is 0. The molecule has 3 saturated heterocycles. The average molecular weight is 434 g/mol. The first kappa shape index (κ1) is 21.2. The Balaban J connectivity index is 1.30. The quantitative estimate of drug-likeness (QED) is 0.722. The van der Waals surface area contributed by atoms with E-state index in [4.69, 9.17) is 0 Å². The molecule has 3 aliphatic rings. The monoisotopic (exact) mass is 434 g/mol. The fourth-order valence-corrected chi connectivity index (χ4v) is 4.31. The molecule has 30 heavy (non-hydrogen) atoms. The highest BCUT2D eigenvalue weighted by Crippen LogP contribution is 2.29. The molecule has 12 heteroatoms. The van der Waals surface area contributed by atoms with E-state index in [1.54, 1.807) is 4.90 Å². The Morgan fingerprint density at radius 3 is 2.53 bits per heavy atom. The highest BCUT2D eigenvalue weighted by molar-refractivity contribution is 5.82. The molecule has 1 N–H and O–H groups in total. The molecule has 7 nitrogen and oxygen atoms in total. The summed E-state index contributed by atoms with van der Waals surface area (Å²) < 4.78 is 65.2. The molecule has 1 amide bonds. The van der Waals surface area contributed by atoms with Crippen molar-refractivity contribution in [2.45, 2.75) is 37.0 Å². The molecule has 1 aromatic heterocycles. The minimum atomic E-state index is -4.59. The molecular weight excluding hydrogens is 411 g/mol. The van der Waals surface area contributed by atoms with Crippen molar-refractivity contribution in [2.75, 3.05) is 50.7 Å². The summed E-state index contributed by atoms with van der Waals surface area (Å²) in [7, 11) is 0. The van der Waals surface area contributed by atoms with E-state index in [0.29, 0.717) is 39.1 Å². The normalized spacial score (nSPS) is 27.6. The molecule has 0 bridgehead atoms. The summed E-state index contributed by atoms with van der Waals surface area (Å²) in [5.74, 6) is -4.01. The Hall–Kier alpha value is -2.08. The minimum Gasteiger partial charge on any atom is -0.354 e. The zero-order valence-electron chi connectivity index (χ0n) is 16.2. The molecule has 3 aliphatic heterocycles. The Morgan fingerprint density at radius 2 is 1.90 bits per heavy atom. The van der Waals surface area contributed by atoms with Gasteiger partial charge < -0.3 is 15.1 Å². The summed E-state index contributed by atoms with van der Waals surface area (Å²) in [4.78, 5) is 24.6. The van der Waals surface area contributed by atoms with Crippen LogP contribution >= 0.6 is 0 Å². The van der Waals surface area contributed by atoms with E-state index in [2.05, 4.69) is 20.2 Å². The van der Waals surface area contributed by atoms with Gasteiger partial charge in [-0.25, -0.2) is 18.7 Å². The van der Waals surface area contributed by atoms with Crippen LogP contribution in [-0.4, -0.2) is 89.5 Å². The first-order valence-electron chi connectivity index (χ1n) is 9.92. The number of amides is 1. The van der Waals surface area contributed by atoms with E-state index in [-0.39, 0.29) is 30.7 Å². The van der Waals surface area contributed by atoms with Gasteiger partial charge in [-0.15, -0.1) is 0 Å². The van der Waals surface area contributed by atoms with Crippen LogP contribution in [0, 0.1) is 0 Å². The molecule has 0 unspecified atom stereocenters. The van der Waals surface area contributed by atoms with Crippen molar-refractivity contribution < 1.29 is 26.7 Å². The zero-order chi connectivity index (χ0) is 21.5. The van der Waals surface area contributed by atoms with Crippen LogP contribution in [0.15, 0.2) is 12.3 Å². The lowest BCUT2D eigenvalue weighted by atomic mass is 10.1. The summed E-state index contributed by atoms with van der Waals surface area (Å²) in [6.45, 7) is 2.36. The van der Waals surface area contributed by atoms with Crippen LogP contribution in [0.4, 0.5) is 27.8 Å². The highest BCUT2D eigenvalue weighted by atomic mass is 19.4. The second-order valence-electron chi connectivity index (χ2n) is 7.98. The molecule has 4 rings (SSSR count). The number of carbonyl (C=O) groups is 1. The predicted octanol–water partition coefficient (Wildman–Crippen LogP) is 1.22. The molecule has 3 fully saturated rings. The lowest BCUT2D eigenvalue weighted by Crippen LogP contribution is -2.51. The predicted molar refractivity (Wildman–Crippen MR) is 97.2 cm³/mol. The average Bonchev–Trinajstić information content (AvgIpc) is 3.34. The lowest BCUT2D eigenvalue weighted by molar-refractivity contribution is -0.144. The lowest BCUT2D eigenvalue weighted by Gasteiger charge is -2.38. The van der Waals surface area contributed by atoms with Gasteiger partial charge in [-0.3, -0.25) is 9.69 Å². The minimum absolute atomic E-state index is 0.0756. The van der Waals surface area contributed by atoms with Crippen LogP contribution in [0.5, 0.6) is 0 Å². The standard InChI is InChI=1S/C18H23F5N6O/c19-17(20)2-4-29(11-17)15(30)13-9-12(10-25-13)27-5-7-28(8-6-27)14-1-3-24-16(26-14)18(21,22)23/h1,3,12-13,25H,2,4-11H2/t12-,13-/m0/s1. The van der Waals surface area contributed by atoms with Crippen molar-refractivity contribution in [1.29, 1.82) is 0 Å². The molecule has 4 heterocycles. The molecule has 0 spiro atoms. The molecule has 0 radical (unpaired) electrons. The number of likely N-dealkylation sites (tertiary alicyclic amines) is 1. The molecular formula is C18H23F5N6O. The van der Waals surface area contributed by atoms with E-state index in [0.717, 1.165) is 6.20 Å². The number of aromatic nitrogens is 2. The van der Waals surface area contributed by atoms with Gasteiger partial charge in [0, 0.05) is 57.9 Å². The number of nitrogens with zero attached hydrogens (tertiary/aromatic N) is 5. The fraction of sp³-hybridized carbons (Fsp3) is 0.722. The maximum atomic E-state index is 13.4. The van der Waals surface area contributed by atoms with Gasteiger partial charge in [-0.05, 0) is 12.5 Å². The molecule has 0 aromatic carbocycles. The highest BCUT2D eigenvalue weighted by Gasteiger charge is 2.44. The summed E-state index contributed by atoms with van der Waals surface area (Å²) in [5.41, 5.74) is 0. The van der Waals surface area contributed by atoms with Crippen molar-refractivity contribution in [3.05, 3.63) is 18.1 Å². The van der Waals surface area contributed by atoms with Gasteiger partial charge in [-0.2, -0.15) is 13.2 Å². The number of alkyl halides is 5. The maximum Gasteiger partial charge on any atom is 0.451 e. The van der Waals surface area contributed by atoms with Crippen molar-refractivity contribution in [1.82, 2.24) is 25.1 Å². The number of nitrogens with one attached hydrogen (secondary N) is 1. The second-order valence-corrected chi connectivity index (χ2v) is 7.98. The van der Waals surface area contributed by atoms with E-state index in [9.17, 15) is 26.7 Å². The third kappa shape index (κ3) is 4.48. The molecule has 1 aromatic rings. The van der Waals surface area contributed by atoms with Crippen molar-refractivity contribution >= 4 is 11.7 Å². The first-order chi connectivity index (χ1) is 14.1. The number of piperazine rings is 1. The number of carbonyl (C=O) groups excluding carboxylic acids is 1. The Kier molecular flexibility index (Phi) is 5.56. The molecule has 166 valence electrons. The zero-order valence-corrected chi connectivity index (χ0v) is 16.2. The van der Waals surface area contributed by atoms with Crippen molar-refractivity contribution in [3.8, 4) is 0 Å². The Morgan fingerprint density at radius 1 is 1.17 bits per heavy atom. The van der Waals surface area contributed by atoms with Gasteiger partial charge in [0.05, 0.1) is 12.6 Å². The number of halogens is 5. The van der Waals surface area contributed by atoms with Gasteiger partial charge in [0.2, 0.25) is 11.7 Å². The summed E-state index contributed by atoms with van der Waals surface area (Å²) in [6, 6.07) is 1.07. The third-order valence-electron chi connectivity index (χ3n) is 5.94. The topological polar surface area (TPSA) is 64.6 Å². The second kappa shape index (κ2) is 7.88. The van der Waals surface area contributed by atoms with Gasteiger partial charge in [0.1, 0.15) is 5.82 Å². The van der Waals surface area contributed by atoms with Crippen LogP contribution in [-0.2, 0) is 11.0 Å². The first-order valence-corrected chi connectivity index (χ1v) is 9.92. The van der Waals surface area contributed by atoms with E-state index in [1.807, 2.05) is 0 Å². The van der Waals surface area contributed by atoms with Crippen molar-refractivity contribution in [3.63, 3.8) is 0 Å². The van der Waals surface area contributed by atoms with Crippen LogP contribution < -0.4 is 10.2 Å². The van der Waals surface area contributed by atoms with Crippen LogP contribution in [0.25, 0.3) is 0 Å². The molecule has 2 atom stereocenters. The van der Waals surface area contributed by atoms with Gasteiger partial charge in [0.25, 0.3) is 5.92 Å². The third-order valence-corrected chi connectivity index (χ3v) is 5.94. The smallest absolute Gasteiger partial charge is 0.354 e. The van der Waals surface area contributed by atoms with E-state index >= 15 is 0 Å². The Labute approximate surface area is 170 Å². The number of hydrogen-bond donors (Lipinski definition) is 1. The van der Waals surface area contributed by atoms with Crippen LogP contribution in [0.1, 0.15) is 18.7 Å². The SMILES string of the molecule is O=C([C@@H]1C[C@H](N2CCN(c3ccnc(C(F)(F)F)n3)CC2)CN1)N1CCC(F)(F)C1. The largest absolute Gasteiger partial charge is 0.451 e. The molecule has 0 aliphatic carbocycles. The summed E-state index contributed by atoms with van der Waals surface area (Å²) in [6.07, 6.45) is -3.24. The van der Waals surface area contributed by atoms with Crippen LogP contribution in [0.3, 0.4) is 0 Å². The van der Waals surface area contributed by atoms with Crippen molar-refractivity contribution in [2.24, 2.45) is 0 Å². The van der Waals surface area contributed by atoms with E-state index in [1.165, 1.54) is 11.0 Å². The van der Waals surface area contributed by atoms with E-state index < -0.39 is 30.5 Å². The number of hydrogen-bond acceptors (Lipinski definition) is 6. The van der Waals surface area contributed by atoms with Gasteiger partial charge in [0.15, 0.2) is 0 Å². The fourth-order valence-electron chi connectivity index (χ4n) is 4.31. The molecule has 0 saturated carbocycles. The Bertz CT molecular complexity index is 783. The number of rotatable bonds is 3. The van der Waals surface area contributed by atoms with Gasteiger partial charge >= 0.3 is 6.18 Å². The maximum absolute atomic E-state index is 13.4. The number of anilines is 1. The van der Waals surface area contributed by atoms with Crippen LogP contribution in [0.2, 0.25) is 0 Å². The van der Waals surface area contributed by atoms with Gasteiger partial charge in [-0.1, -0.05) is 0 Å². The summed E-state index contributed by atoms with van der Waals surface area (Å²) in [5, 5.41) is 3.14.